The van der Waals surface area contributed by atoms with Gasteiger partial charge < -0.3 is 19.1 Å². The molecular formula is C23H25NO4. The highest BCUT2D eigenvalue weighted by atomic mass is 16.5. The fraction of sp³-hybridized carbons (Fsp3) is 0.261. The van der Waals surface area contributed by atoms with Crippen molar-refractivity contribution < 1.29 is 19.0 Å². The van der Waals surface area contributed by atoms with Gasteiger partial charge in [0.2, 0.25) is 5.91 Å². The number of carbonyl (C=O) groups is 1. The minimum Gasteiger partial charge on any atom is -0.496 e. The third kappa shape index (κ3) is 4.36. The van der Waals surface area contributed by atoms with E-state index in [-0.39, 0.29) is 5.91 Å². The van der Waals surface area contributed by atoms with E-state index in [2.05, 4.69) is 6.08 Å². The summed E-state index contributed by atoms with van der Waals surface area (Å²) in [6, 6.07) is 13.5. The maximum absolute atomic E-state index is 12.5. The molecule has 1 aliphatic rings. The van der Waals surface area contributed by atoms with Crippen molar-refractivity contribution in [3.63, 3.8) is 0 Å². The van der Waals surface area contributed by atoms with Crippen LogP contribution in [0.4, 0.5) is 0 Å². The zero-order valence-corrected chi connectivity index (χ0v) is 16.5. The Balaban J connectivity index is 1.77. The Hall–Kier alpha value is -3.21. The Bertz CT molecular complexity index is 862. The highest BCUT2D eigenvalue weighted by molar-refractivity contribution is 5.92. The first-order chi connectivity index (χ1) is 13.7. The van der Waals surface area contributed by atoms with Crippen molar-refractivity contribution in [2.24, 2.45) is 0 Å². The largest absolute Gasteiger partial charge is 0.496 e. The molecule has 0 aromatic heterocycles. The van der Waals surface area contributed by atoms with Gasteiger partial charge in [-0.15, -0.1) is 0 Å². The summed E-state index contributed by atoms with van der Waals surface area (Å²) in [4.78, 5) is 14.3. The molecule has 0 saturated heterocycles. The molecule has 2 aromatic carbocycles. The topological polar surface area (TPSA) is 48.0 Å². The van der Waals surface area contributed by atoms with Gasteiger partial charge in [-0.2, -0.15) is 0 Å². The lowest BCUT2D eigenvalue weighted by Gasteiger charge is -2.27. The molecule has 0 saturated carbocycles. The van der Waals surface area contributed by atoms with E-state index in [1.165, 1.54) is 0 Å². The molecule has 0 N–H and O–H groups in total. The summed E-state index contributed by atoms with van der Waals surface area (Å²) >= 11 is 0. The van der Waals surface area contributed by atoms with E-state index in [1.807, 2.05) is 53.4 Å². The van der Waals surface area contributed by atoms with E-state index in [0.717, 1.165) is 23.1 Å². The molecule has 0 unspecified atom stereocenters. The Morgan fingerprint density at radius 3 is 2.21 bits per heavy atom. The van der Waals surface area contributed by atoms with Gasteiger partial charge in [-0.05, 0) is 23.6 Å². The molecular weight excluding hydrogens is 354 g/mol. The van der Waals surface area contributed by atoms with Crippen molar-refractivity contribution in [3.05, 3.63) is 65.7 Å². The zero-order chi connectivity index (χ0) is 19.9. The highest BCUT2D eigenvalue weighted by Gasteiger charge is 2.22. The van der Waals surface area contributed by atoms with Crippen LogP contribution in [0.1, 0.15) is 17.5 Å². The first kappa shape index (κ1) is 19.5. The number of hydrogen-bond acceptors (Lipinski definition) is 4. The van der Waals surface area contributed by atoms with Gasteiger partial charge in [0.15, 0.2) is 0 Å². The predicted molar refractivity (Wildman–Crippen MR) is 111 cm³/mol. The summed E-state index contributed by atoms with van der Waals surface area (Å²) < 4.78 is 16.4. The number of hydrogen-bond donors (Lipinski definition) is 0. The van der Waals surface area contributed by atoms with Crippen LogP contribution in [0, 0.1) is 0 Å². The van der Waals surface area contributed by atoms with Crippen LogP contribution in [0.25, 0.3) is 11.6 Å². The summed E-state index contributed by atoms with van der Waals surface area (Å²) in [6.07, 6.45) is 6.26. The van der Waals surface area contributed by atoms with Gasteiger partial charge in [-0.1, -0.05) is 36.4 Å². The zero-order valence-electron chi connectivity index (χ0n) is 16.5. The monoisotopic (exact) mass is 379 g/mol. The van der Waals surface area contributed by atoms with Crippen molar-refractivity contribution in [2.75, 3.05) is 34.4 Å². The number of amides is 1. The average Bonchev–Trinajstić information content (AvgIpc) is 2.77. The SMILES string of the molecule is COc1cc(OC)c(C2=CCN(C(=O)C=Cc3ccccc3)CC2)c(OC)c1. The average molecular weight is 379 g/mol. The number of benzene rings is 2. The quantitative estimate of drug-likeness (QED) is 0.711. The molecule has 1 heterocycles. The van der Waals surface area contributed by atoms with Gasteiger partial charge in [-0.3, -0.25) is 4.79 Å². The number of nitrogens with zero attached hydrogens (tertiary/aromatic N) is 1. The first-order valence-electron chi connectivity index (χ1n) is 9.17. The number of carbonyl (C=O) groups excluding carboxylic acids is 1. The number of rotatable bonds is 6. The van der Waals surface area contributed by atoms with E-state index in [9.17, 15) is 4.79 Å². The molecule has 1 aliphatic heterocycles. The van der Waals surface area contributed by atoms with Crippen molar-refractivity contribution in [1.82, 2.24) is 4.90 Å². The van der Waals surface area contributed by atoms with Gasteiger partial charge in [0, 0.05) is 31.3 Å². The first-order valence-corrected chi connectivity index (χ1v) is 9.17. The number of ether oxygens (including phenoxy) is 3. The lowest BCUT2D eigenvalue weighted by atomic mass is 9.97. The second-order valence-corrected chi connectivity index (χ2v) is 6.41. The van der Waals surface area contributed by atoms with Crippen LogP contribution in [0.5, 0.6) is 17.2 Å². The predicted octanol–water partition coefficient (Wildman–Crippen LogP) is 4.04. The summed E-state index contributed by atoms with van der Waals surface area (Å²) in [5.41, 5.74) is 3.03. The van der Waals surface area contributed by atoms with Gasteiger partial charge in [0.1, 0.15) is 17.2 Å². The van der Waals surface area contributed by atoms with E-state index in [1.54, 1.807) is 27.4 Å². The molecule has 28 heavy (non-hydrogen) atoms. The maximum Gasteiger partial charge on any atom is 0.246 e. The minimum absolute atomic E-state index is 0.00724. The maximum atomic E-state index is 12.5. The molecule has 5 nitrogen and oxygen atoms in total. The van der Waals surface area contributed by atoms with Gasteiger partial charge in [0.05, 0.1) is 26.9 Å². The van der Waals surface area contributed by atoms with Crippen molar-refractivity contribution in [1.29, 1.82) is 0 Å². The highest BCUT2D eigenvalue weighted by Crippen LogP contribution is 2.40. The van der Waals surface area contributed by atoms with E-state index in [4.69, 9.17) is 14.2 Å². The number of methoxy groups -OCH3 is 3. The minimum atomic E-state index is 0.00724. The molecule has 5 heteroatoms. The lowest BCUT2D eigenvalue weighted by Crippen LogP contribution is -2.33. The summed E-state index contributed by atoms with van der Waals surface area (Å²) in [5.74, 6) is 2.09. The molecule has 0 fully saturated rings. The van der Waals surface area contributed by atoms with Crippen LogP contribution >= 0.6 is 0 Å². The summed E-state index contributed by atoms with van der Waals surface area (Å²) in [6.45, 7) is 1.19. The Kier molecular flexibility index (Phi) is 6.37. The molecule has 2 aromatic rings. The van der Waals surface area contributed by atoms with E-state index >= 15 is 0 Å². The standard InChI is InChI=1S/C23H25NO4/c1-26-19-15-20(27-2)23(21(16-19)28-3)18-11-13-24(14-12-18)22(25)10-9-17-7-5-4-6-8-17/h4-11,15-16H,12-14H2,1-3H3. The molecule has 0 bridgehead atoms. The fourth-order valence-electron chi connectivity index (χ4n) is 3.26. The fourth-order valence-corrected chi connectivity index (χ4v) is 3.26. The lowest BCUT2D eigenvalue weighted by molar-refractivity contribution is -0.125. The van der Waals surface area contributed by atoms with Gasteiger partial charge in [0.25, 0.3) is 0 Å². The van der Waals surface area contributed by atoms with Gasteiger partial charge in [-0.25, -0.2) is 0 Å². The molecule has 0 atom stereocenters. The van der Waals surface area contributed by atoms with Crippen molar-refractivity contribution in [3.8, 4) is 17.2 Å². The smallest absolute Gasteiger partial charge is 0.246 e. The van der Waals surface area contributed by atoms with Crippen molar-refractivity contribution >= 4 is 17.6 Å². The van der Waals surface area contributed by atoms with Crippen LogP contribution in [0.2, 0.25) is 0 Å². The third-order valence-corrected chi connectivity index (χ3v) is 4.77. The van der Waals surface area contributed by atoms with Gasteiger partial charge >= 0.3 is 0 Å². The molecule has 1 amide bonds. The van der Waals surface area contributed by atoms with Crippen LogP contribution in [0.3, 0.4) is 0 Å². The molecule has 0 aliphatic carbocycles. The summed E-state index contributed by atoms with van der Waals surface area (Å²) in [5, 5.41) is 0. The molecule has 0 spiro atoms. The second-order valence-electron chi connectivity index (χ2n) is 6.41. The van der Waals surface area contributed by atoms with Crippen molar-refractivity contribution in [2.45, 2.75) is 6.42 Å². The molecule has 0 radical (unpaired) electrons. The Morgan fingerprint density at radius 2 is 1.68 bits per heavy atom. The molecule has 3 rings (SSSR count). The third-order valence-electron chi connectivity index (χ3n) is 4.77. The normalized spacial score (nSPS) is 14.0. The van der Waals surface area contributed by atoms with Crippen LogP contribution < -0.4 is 14.2 Å². The van der Waals surface area contributed by atoms with E-state index < -0.39 is 0 Å². The van der Waals surface area contributed by atoms with E-state index in [0.29, 0.717) is 30.3 Å². The van der Waals surface area contributed by atoms with Crippen LogP contribution in [-0.4, -0.2) is 45.2 Å². The second kappa shape index (κ2) is 9.13. The Labute approximate surface area is 165 Å². The Morgan fingerprint density at radius 1 is 1.00 bits per heavy atom. The molecule has 146 valence electrons. The summed E-state index contributed by atoms with van der Waals surface area (Å²) in [7, 11) is 4.87. The van der Waals surface area contributed by atoms with Crippen LogP contribution in [-0.2, 0) is 4.79 Å². The van der Waals surface area contributed by atoms with Crippen LogP contribution in [0.15, 0.2) is 54.6 Å².